The van der Waals surface area contributed by atoms with Crippen LogP contribution in [0.25, 0.3) is 11.5 Å². The third-order valence-electron chi connectivity index (χ3n) is 4.97. The van der Waals surface area contributed by atoms with Gasteiger partial charge in [-0.25, -0.2) is 14.5 Å². The summed E-state index contributed by atoms with van der Waals surface area (Å²) < 4.78 is 7.60. The standard InChI is InChI=1S/C20H24N6O2/c1-14(2)18-12-21-19(28-18)15-5-7-16(8-6-15)23-20(27)25-10-3-4-17(13-25)26-11-9-22-24-26/h5-9,11-12,14,17H,3-4,10,13H2,1-2H3,(H,23,27). The molecule has 0 bridgehead atoms. The van der Waals surface area contributed by atoms with Crippen molar-refractivity contribution in [3.8, 4) is 11.5 Å². The molecule has 1 N–H and O–H groups in total. The molecule has 0 spiro atoms. The highest BCUT2D eigenvalue weighted by molar-refractivity contribution is 5.89. The number of amides is 2. The number of nitrogens with zero attached hydrogens (tertiary/aromatic N) is 5. The van der Waals surface area contributed by atoms with Crippen LogP contribution in [-0.2, 0) is 0 Å². The lowest BCUT2D eigenvalue weighted by molar-refractivity contribution is 0.174. The summed E-state index contributed by atoms with van der Waals surface area (Å²) in [4.78, 5) is 18.8. The van der Waals surface area contributed by atoms with Gasteiger partial charge in [0.1, 0.15) is 5.76 Å². The normalized spacial score (nSPS) is 17.1. The molecular weight excluding hydrogens is 356 g/mol. The SMILES string of the molecule is CC(C)c1cnc(-c2ccc(NC(=O)N3CCCC(n4ccnn4)C3)cc2)o1. The molecule has 2 aromatic heterocycles. The highest BCUT2D eigenvalue weighted by atomic mass is 16.4. The molecule has 2 amide bonds. The molecule has 1 atom stereocenters. The lowest BCUT2D eigenvalue weighted by Gasteiger charge is -2.32. The van der Waals surface area contributed by atoms with Gasteiger partial charge in [-0.2, -0.15) is 0 Å². The Bertz CT molecular complexity index is 917. The lowest BCUT2D eigenvalue weighted by Crippen LogP contribution is -2.43. The van der Waals surface area contributed by atoms with Gasteiger partial charge in [-0.3, -0.25) is 0 Å². The number of nitrogens with one attached hydrogen (secondary N) is 1. The van der Waals surface area contributed by atoms with E-state index in [9.17, 15) is 4.79 Å². The Morgan fingerprint density at radius 2 is 2.11 bits per heavy atom. The maximum atomic E-state index is 12.7. The van der Waals surface area contributed by atoms with Gasteiger partial charge >= 0.3 is 6.03 Å². The predicted molar refractivity (Wildman–Crippen MR) is 105 cm³/mol. The first kappa shape index (κ1) is 18.2. The van der Waals surface area contributed by atoms with Crippen molar-refractivity contribution in [3.05, 3.63) is 48.6 Å². The lowest BCUT2D eigenvalue weighted by atomic mass is 10.1. The zero-order chi connectivity index (χ0) is 19.5. The van der Waals surface area contributed by atoms with Gasteiger partial charge in [0.25, 0.3) is 0 Å². The first-order chi connectivity index (χ1) is 13.6. The summed E-state index contributed by atoms with van der Waals surface area (Å²) >= 11 is 0. The molecule has 1 fully saturated rings. The minimum absolute atomic E-state index is 0.101. The fraction of sp³-hybridized carbons (Fsp3) is 0.400. The number of rotatable bonds is 4. The van der Waals surface area contributed by atoms with Gasteiger partial charge in [0.15, 0.2) is 0 Å². The summed E-state index contributed by atoms with van der Waals surface area (Å²) in [5.41, 5.74) is 1.63. The second-order valence-corrected chi connectivity index (χ2v) is 7.36. The topological polar surface area (TPSA) is 89.1 Å². The number of likely N-dealkylation sites (tertiary alicyclic amines) is 1. The molecule has 8 nitrogen and oxygen atoms in total. The van der Waals surface area contributed by atoms with Gasteiger partial charge in [-0.15, -0.1) is 5.10 Å². The van der Waals surface area contributed by atoms with Crippen LogP contribution in [-0.4, -0.2) is 44.0 Å². The number of carbonyl (C=O) groups excluding carboxylic acids is 1. The average molecular weight is 380 g/mol. The van der Waals surface area contributed by atoms with Crippen molar-refractivity contribution in [2.24, 2.45) is 0 Å². The molecule has 1 aliphatic rings. The summed E-state index contributed by atoms with van der Waals surface area (Å²) in [6.45, 7) is 5.50. The van der Waals surface area contributed by atoms with Crippen LogP contribution in [0, 0.1) is 0 Å². The van der Waals surface area contributed by atoms with E-state index in [2.05, 4.69) is 34.5 Å². The van der Waals surface area contributed by atoms with Crippen molar-refractivity contribution in [2.75, 3.05) is 18.4 Å². The third-order valence-corrected chi connectivity index (χ3v) is 4.97. The average Bonchev–Trinajstić information content (AvgIpc) is 3.41. The zero-order valence-corrected chi connectivity index (χ0v) is 16.1. The minimum Gasteiger partial charge on any atom is -0.441 e. The molecule has 0 saturated carbocycles. The van der Waals surface area contributed by atoms with E-state index in [1.54, 1.807) is 12.4 Å². The Kier molecular flexibility index (Phi) is 5.10. The highest BCUT2D eigenvalue weighted by Gasteiger charge is 2.25. The molecule has 1 aliphatic heterocycles. The van der Waals surface area contributed by atoms with E-state index in [0.29, 0.717) is 18.4 Å². The number of benzene rings is 1. The molecule has 3 heterocycles. The molecule has 146 valence electrons. The van der Waals surface area contributed by atoms with Crippen LogP contribution < -0.4 is 5.32 Å². The Balaban J connectivity index is 1.39. The summed E-state index contributed by atoms with van der Waals surface area (Å²) in [6.07, 6.45) is 7.21. The molecule has 0 aliphatic carbocycles. The van der Waals surface area contributed by atoms with Crippen molar-refractivity contribution in [1.29, 1.82) is 0 Å². The van der Waals surface area contributed by atoms with Crippen LogP contribution in [0.5, 0.6) is 0 Å². The van der Waals surface area contributed by atoms with Gasteiger partial charge in [0, 0.05) is 36.5 Å². The van der Waals surface area contributed by atoms with Gasteiger partial charge in [0.2, 0.25) is 5.89 Å². The first-order valence-corrected chi connectivity index (χ1v) is 9.58. The van der Waals surface area contributed by atoms with Gasteiger partial charge < -0.3 is 14.6 Å². The number of piperidine rings is 1. The molecule has 0 radical (unpaired) electrons. The molecule has 1 aromatic carbocycles. The molecule has 1 saturated heterocycles. The summed E-state index contributed by atoms with van der Waals surface area (Å²) in [7, 11) is 0. The van der Waals surface area contributed by atoms with E-state index in [1.807, 2.05) is 40.0 Å². The largest absolute Gasteiger partial charge is 0.441 e. The van der Waals surface area contributed by atoms with Crippen molar-refractivity contribution in [1.82, 2.24) is 24.9 Å². The first-order valence-electron chi connectivity index (χ1n) is 9.58. The smallest absolute Gasteiger partial charge is 0.321 e. The van der Waals surface area contributed by atoms with Crippen molar-refractivity contribution in [2.45, 2.75) is 38.6 Å². The van der Waals surface area contributed by atoms with Crippen LogP contribution in [0.4, 0.5) is 10.5 Å². The number of oxazole rings is 1. The zero-order valence-electron chi connectivity index (χ0n) is 16.1. The monoisotopic (exact) mass is 380 g/mol. The molecule has 3 aromatic rings. The number of hydrogen-bond acceptors (Lipinski definition) is 5. The Hall–Kier alpha value is -3.16. The van der Waals surface area contributed by atoms with Gasteiger partial charge in [-0.1, -0.05) is 19.1 Å². The summed E-state index contributed by atoms with van der Waals surface area (Å²) in [5.74, 6) is 1.75. The molecule has 8 heteroatoms. The minimum atomic E-state index is -0.101. The van der Waals surface area contributed by atoms with E-state index in [4.69, 9.17) is 4.42 Å². The number of anilines is 1. The van der Waals surface area contributed by atoms with Gasteiger partial charge in [0.05, 0.1) is 18.4 Å². The molecule has 1 unspecified atom stereocenters. The highest BCUT2D eigenvalue weighted by Crippen LogP contribution is 2.25. The van der Waals surface area contributed by atoms with Gasteiger partial charge in [-0.05, 0) is 37.1 Å². The van der Waals surface area contributed by atoms with E-state index in [1.165, 1.54) is 0 Å². The number of hydrogen-bond donors (Lipinski definition) is 1. The fourth-order valence-corrected chi connectivity index (χ4v) is 3.35. The quantitative estimate of drug-likeness (QED) is 0.741. The van der Waals surface area contributed by atoms with E-state index in [-0.39, 0.29) is 12.1 Å². The maximum Gasteiger partial charge on any atom is 0.321 e. The van der Waals surface area contributed by atoms with Crippen molar-refractivity contribution < 1.29 is 9.21 Å². The molecule has 4 rings (SSSR count). The Morgan fingerprint density at radius 3 is 2.79 bits per heavy atom. The Labute approximate surface area is 163 Å². The van der Waals surface area contributed by atoms with E-state index < -0.39 is 0 Å². The Morgan fingerprint density at radius 1 is 1.29 bits per heavy atom. The summed E-state index contributed by atoms with van der Waals surface area (Å²) in [6, 6.07) is 7.61. The second kappa shape index (κ2) is 7.84. The van der Waals surface area contributed by atoms with E-state index >= 15 is 0 Å². The number of urea groups is 1. The second-order valence-electron chi connectivity index (χ2n) is 7.36. The van der Waals surface area contributed by atoms with Crippen LogP contribution in [0.15, 0.2) is 47.3 Å². The van der Waals surface area contributed by atoms with Crippen LogP contribution in [0.3, 0.4) is 0 Å². The third kappa shape index (κ3) is 3.90. The predicted octanol–water partition coefficient (Wildman–Crippen LogP) is 3.93. The number of carbonyl (C=O) groups is 1. The van der Waals surface area contributed by atoms with E-state index in [0.717, 1.165) is 36.4 Å². The van der Waals surface area contributed by atoms with Crippen molar-refractivity contribution >= 4 is 11.7 Å². The number of aromatic nitrogens is 4. The molecular formula is C20H24N6O2. The van der Waals surface area contributed by atoms with Crippen LogP contribution >= 0.6 is 0 Å². The van der Waals surface area contributed by atoms with Crippen molar-refractivity contribution in [3.63, 3.8) is 0 Å². The fourth-order valence-electron chi connectivity index (χ4n) is 3.35. The van der Waals surface area contributed by atoms with Crippen LogP contribution in [0.1, 0.15) is 44.4 Å². The maximum absolute atomic E-state index is 12.7. The molecule has 28 heavy (non-hydrogen) atoms. The van der Waals surface area contributed by atoms with Crippen LogP contribution in [0.2, 0.25) is 0 Å². The summed E-state index contributed by atoms with van der Waals surface area (Å²) in [5, 5.41) is 10.9.